The lowest BCUT2D eigenvalue weighted by Gasteiger charge is -2.19. The summed E-state index contributed by atoms with van der Waals surface area (Å²) in [6.07, 6.45) is 9.88. The van der Waals surface area contributed by atoms with Gasteiger partial charge in [-0.1, -0.05) is 188 Å². The van der Waals surface area contributed by atoms with Crippen LogP contribution in [0.5, 0.6) is 0 Å². The molecule has 298 valence electrons. The third-order valence-electron chi connectivity index (χ3n) is 13.5. The Morgan fingerprint density at radius 1 is 0.344 bits per heavy atom. The van der Waals surface area contributed by atoms with Crippen LogP contribution in [0.2, 0.25) is 0 Å². The van der Waals surface area contributed by atoms with Gasteiger partial charge >= 0.3 is 0 Å². The van der Waals surface area contributed by atoms with Crippen molar-refractivity contribution in [2.75, 3.05) is 0 Å². The number of hydrogen-bond acceptors (Lipinski definition) is 2. The molecular formula is C62H40N2. The lowest BCUT2D eigenvalue weighted by molar-refractivity contribution is 0.861. The first-order chi connectivity index (χ1) is 31.7. The van der Waals surface area contributed by atoms with E-state index in [0.717, 1.165) is 56.3 Å². The molecule has 1 atom stereocenters. The van der Waals surface area contributed by atoms with Crippen molar-refractivity contribution in [3.8, 4) is 44.8 Å². The molecule has 2 aromatic heterocycles. The van der Waals surface area contributed by atoms with Crippen LogP contribution in [-0.4, -0.2) is 9.97 Å². The average molecular weight is 813 g/mol. The van der Waals surface area contributed by atoms with E-state index in [0.29, 0.717) is 5.92 Å². The van der Waals surface area contributed by atoms with Crippen molar-refractivity contribution in [1.29, 1.82) is 0 Å². The highest BCUT2D eigenvalue weighted by Crippen LogP contribution is 2.45. The van der Waals surface area contributed by atoms with Gasteiger partial charge in [0, 0.05) is 33.2 Å². The van der Waals surface area contributed by atoms with Gasteiger partial charge in [-0.25, -0.2) is 9.97 Å². The fourth-order valence-corrected chi connectivity index (χ4v) is 10.5. The van der Waals surface area contributed by atoms with E-state index >= 15 is 0 Å². The summed E-state index contributed by atoms with van der Waals surface area (Å²) >= 11 is 0. The van der Waals surface area contributed by atoms with E-state index in [1.807, 2.05) is 0 Å². The zero-order valence-electron chi connectivity index (χ0n) is 35.0. The molecule has 0 amide bonds. The van der Waals surface area contributed by atoms with Gasteiger partial charge in [0.15, 0.2) is 0 Å². The van der Waals surface area contributed by atoms with Crippen molar-refractivity contribution in [3.05, 3.63) is 230 Å². The summed E-state index contributed by atoms with van der Waals surface area (Å²) in [5.41, 5.74) is 12.2. The number of allylic oxidation sites excluding steroid dienone is 4. The summed E-state index contributed by atoms with van der Waals surface area (Å²) in [5, 5.41) is 14.5. The van der Waals surface area contributed by atoms with E-state index in [9.17, 15) is 0 Å². The SMILES string of the molecule is C1=CCC(c2cc(-c3ccc(-c4cc5c(-c6cc7ccccc7c7ccccc67)cc(-c6cc7ccccc7c7ccccc67)nc5c5ccccc45)cc3)nc3ccccc23)C=C1. The highest BCUT2D eigenvalue weighted by Gasteiger charge is 2.21. The fourth-order valence-electron chi connectivity index (χ4n) is 10.5. The number of hydrogen-bond donors (Lipinski definition) is 0. The van der Waals surface area contributed by atoms with E-state index in [2.05, 4.69) is 224 Å². The van der Waals surface area contributed by atoms with E-state index in [4.69, 9.17) is 9.97 Å². The molecule has 2 nitrogen and oxygen atoms in total. The van der Waals surface area contributed by atoms with Gasteiger partial charge in [-0.2, -0.15) is 0 Å². The molecule has 0 radical (unpaired) electrons. The standard InChI is InChI=1S/C62H40N2/c1-2-16-39(17-3-1)54-37-60(63-59-29-15-14-27-51(54)59)41-32-30-40(31-33-41)53-36-58-56(55-34-42-18-4-6-20-44(42)46-22-8-10-24-48(46)55)38-61(64-62(58)52-28-13-12-26-50(52)53)57-35-43-19-5-7-21-45(43)47-23-9-11-25-49(47)57/h1-16,18-39H,17H2. The van der Waals surface area contributed by atoms with E-state index in [1.165, 1.54) is 76.1 Å². The Bertz CT molecular complexity index is 3930. The van der Waals surface area contributed by atoms with Crippen molar-refractivity contribution < 1.29 is 0 Å². The zero-order chi connectivity index (χ0) is 42.1. The van der Waals surface area contributed by atoms with Crippen LogP contribution in [0.15, 0.2) is 224 Å². The Morgan fingerprint density at radius 3 is 1.55 bits per heavy atom. The highest BCUT2D eigenvalue weighted by molar-refractivity contribution is 6.21. The molecule has 12 aromatic rings. The van der Waals surface area contributed by atoms with Crippen molar-refractivity contribution in [1.82, 2.24) is 9.97 Å². The maximum atomic E-state index is 5.70. The largest absolute Gasteiger partial charge is 0.248 e. The van der Waals surface area contributed by atoms with Crippen LogP contribution in [0, 0.1) is 0 Å². The molecule has 0 spiro atoms. The lowest BCUT2D eigenvalue weighted by Crippen LogP contribution is -2.00. The van der Waals surface area contributed by atoms with Gasteiger partial charge in [0.25, 0.3) is 0 Å². The predicted molar refractivity (Wildman–Crippen MR) is 272 cm³/mol. The molecule has 0 saturated heterocycles. The highest BCUT2D eigenvalue weighted by atomic mass is 14.7. The van der Waals surface area contributed by atoms with Crippen LogP contribution >= 0.6 is 0 Å². The van der Waals surface area contributed by atoms with E-state index in [1.54, 1.807) is 0 Å². The molecule has 1 unspecified atom stereocenters. The number of aromatic nitrogens is 2. The van der Waals surface area contributed by atoms with Gasteiger partial charge in [0.05, 0.1) is 22.4 Å². The molecular weight excluding hydrogens is 773 g/mol. The van der Waals surface area contributed by atoms with Gasteiger partial charge in [-0.15, -0.1) is 0 Å². The number of rotatable bonds is 5. The molecule has 0 N–H and O–H groups in total. The maximum absolute atomic E-state index is 5.70. The van der Waals surface area contributed by atoms with Gasteiger partial charge in [0.1, 0.15) is 0 Å². The molecule has 1 aliphatic carbocycles. The maximum Gasteiger partial charge on any atom is 0.0794 e. The first-order valence-electron chi connectivity index (χ1n) is 22.3. The van der Waals surface area contributed by atoms with Gasteiger partial charge < -0.3 is 0 Å². The third-order valence-corrected chi connectivity index (χ3v) is 13.5. The van der Waals surface area contributed by atoms with Crippen LogP contribution in [-0.2, 0) is 0 Å². The normalized spacial score (nSPS) is 13.9. The summed E-state index contributed by atoms with van der Waals surface area (Å²) in [6, 6.07) is 73.3. The Morgan fingerprint density at radius 2 is 0.875 bits per heavy atom. The van der Waals surface area contributed by atoms with Crippen LogP contribution < -0.4 is 0 Å². The Balaban J connectivity index is 1.06. The minimum atomic E-state index is 0.322. The molecule has 2 heteroatoms. The number of benzene rings is 10. The van der Waals surface area contributed by atoms with Crippen molar-refractivity contribution in [3.63, 3.8) is 0 Å². The lowest BCUT2D eigenvalue weighted by atomic mass is 9.87. The van der Waals surface area contributed by atoms with Crippen molar-refractivity contribution in [2.45, 2.75) is 12.3 Å². The van der Waals surface area contributed by atoms with E-state index in [-0.39, 0.29) is 0 Å². The second-order valence-electron chi connectivity index (χ2n) is 17.1. The zero-order valence-corrected chi connectivity index (χ0v) is 35.0. The third kappa shape index (κ3) is 5.87. The molecule has 2 heterocycles. The van der Waals surface area contributed by atoms with Gasteiger partial charge in [-0.3, -0.25) is 0 Å². The summed E-state index contributed by atoms with van der Waals surface area (Å²) in [5.74, 6) is 0.322. The second-order valence-corrected chi connectivity index (χ2v) is 17.1. The first kappa shape index (κ1) is 36.5. The quantitative estimate of drug-likeness (QED) is 0.162. The number of nitrogens with zero attached hydrogens (tertiary/aromatic N) is 2. The number of pyridine rings is 2. The van der Waals surface area contributed by atoms with E-state index < -0.39 is 0 Å². The summed E-state index contributed by atoms with van der Waals surface area (Å²) in [7, 11) is 0. The smallest absolute Gasteiger partial charge is 0.0794 e. The first-order valence-corrected chi connectivity index (χ1v) is 22.3. The molecule has 0 saturated carbocycles. The van der Waals surface area contributed by atoms with Gasteiger partial charge in [0.2, 0.25) is 0 Å². The van der Waals surface area contributed by atoms with Crippen LogP contribution in [0.4, 0.5) is 0 Å². The number of para-hydroxylation sites is 1. The Kier molecular flexibility index (Phi) is 8.39. The Labute approximate surface area is 371 Å². The minimum absolute atomic E-state index is 0.322. The molecule has 64 heavy (non-hydrogen) atoms. The summed E-state index contributed by atoms with van der Waals surface area (Å²) < 4.78 is 0. The van der Waals surface area contributed by atoms with Gasteiger partial charge in [-0.05, 0) is 119 Å². The predicted octanol–water partition coefficient (Wildman–Crippen LogP) is 16.8. The average Bonchev–Trinajstić information content (AvgIpc) is 3.37. The van der Waals surface area contributed by atoms with Crippen LogP contribution in [0.1, 0.15) is 17.9 Å². The molecule has 10 aromatic carbocycles. The minimum Gasteiger partial charge on any atom is -0.248 e. The molecule has 0 fully saturated rings. The topological polar surface area (TPSA) is 25.8 Å². The van der Waals surface area contributed by atoms with Crippen molar-refractivity contribution >= 4 is 75.7 Å². The fraction of sp³-hybridized carbons (Fsp3) is 0.0323. The van der Waals surface area contributed by atoms with Crippen molar-refractivity contribution in [2.24, 2.45) is 0 Å². The van der Waals surface area contributed by atoms with Crippen LogP contribution in [0.3, 0.4) is 0 Å². The monoisotopic (exact) mass is 812 g/mol. The Hall–Kier alpha value is -8.20. The summed E-state index contributed by atoms with van der Waals surface area (Å²) in [6.45, 7) is 0. The molecule has 1 aliphatic rings. The second kappa shape index (κ2) is 14.7. The molecule has 0 aliphatic heterocycles. The number of fused-ring (bicyclic) bond motifs is 10. The van der Waals surface area contributed by atoms with Crippen LogP contribution in [0.25, 0.3) is 120 Å². The molecule has 0 bridgehead atoms. The molecule has 13 rings (SSSR count). The summed E-state index contributed by atoms with van der Waals surface area (Å²) in [4.78, 5) is 10.9.